The highest BCUT2D eigenvalue weighted by Crippen LogP contribution is 2.31. The first-order valence-corrected chi connectivity index (χ1v) is 10.9. The molecule has 35 heavy (non-hydrogen) atoms. The van der Waals surface area contributed by atoms with Gasteiger partial charge in [-0.2, -0.15) is 0 Å². The van der Waals surface area contributed by atoms with E-state index in [4.69, 9.17) is 13.9 Å². The highest BCUT2D eigenvalue weighted by molar-refractivity contribution is 6.02. The fourth-order valence-corrected chi connectivity index (χ4v) is 3.58. The Balaban J connectivity index is 1.48. The predicted octanol–water partition coefficient (Wildman–Crippen LogP) is 6.74. The van der Waals surface area contributed by atoms with E-state index in [0.29, 0.717) is 17.3 Å². The molecule has 0 atom stereocenters. The van der Waals surface area contributed by atoms with Crippen LogP contribution in [0.1, 0.15) is 33.0 Å². The van der Waals surface area contributed by atoms with Gasteiger partial charge in [-0.25, -0.2) is 0 Å². The molecule has 1 amide bonds. The second-order valence-electron chi connectivity index (χ2n) is 8.22. The smallest absolute Gasteiger partial charge is 0.291 e. The average molecular weight is 472 g/mol. The van der Waals surface area contributed by atoms with Crippen LogP contribution >= 0.6 is 0 Å². The van der Waals surface area contributed by atoms with E-state index in [9.17, 15) is 14.9 Å². The third kappa shape index (κ3) is 6.26. The maximum atomic E-state index is 12.7. The van der Waals surface area contributed by atoms with Crippen molar-refractivity contribution in [3.63, 3.8) is 0 Å². The van der Waals surface area contributed by atoms with E-state index in [0.717, 1.165) is 16.7 Å². The lowest BCUT2D eigenvalue weighted by Crippen LogP contribution is -2.11. The lowest BCUT2D eigenvalue weighted by molar-refractivity contribution is -0.384. The molecule has 0 spiro atoms. The summed E-state index contributed by atoms with van der Waals surface area (Å²) < 4.78 is 17.1. The van der Waals surface area contributed by atoms with Gasteiger partial charge >= 0.3 is 0 Å². The fraction of sp³-hybridized carbons (Fsp3) is 0.148. The zero-order valence-electron chi connectivity index (χ0n) is 19.5. The van der Waals surface area contributed by atoms with Crippen LogP contribution in [0.25, 0.3) is 0 Å². The normalized spacial score (nSPS) is 10.6. The molecule has 0 saturated carbocycles. The summed E-state index contributed by atoms with van der Waals surface area (Å²) in [5.41, 5.74) is 3.06. The van der Waals surface area contributed by atoms with Crippen molar-refractivity contribution in [3.8, 4) is 17.2 Å². The molecule has 3 aromatic carbocycles. The molecule has 4 aromatic rings. The number of benzene rings is 3. The Labute approximate surface area is 202 Å². The van der Waals surface area contributed by atoms with Crippen LogP contribution in [-0.4, -0.2) is 10.8 Å². The standard InChI is InChI=1S/C27H24N2O6/c1-17-5-4-6-22(10-17)33-16-23-7-8-26(35-23)27(30)28-20-13-21(29(31)32)15-25(14-20)34-24-11-18(2)9-19(3)12-24/h4-15H,16H2,1-3H3,(H,28,30). The van der Waals surface area contributed by atoms with Crippen molar-refractivity contribution in [3.05, 3.63) is 111 Å². The molecule has 1 N–H and O–H groups in total. The molecule has 0 aliphatic rings. The lowest BCUT2D eigenvalue weighted by atomic mass is 10.1. The number of carbonyl (C=O) groups is 1. The predicted molar refractivity (Wildman–Crippen MR) is 131 cm³/mol. The van der Waals surface area contributed by atoms with Crippen molar-refractivity contribution >= 4 is 17.3 Å². The molecule has 0 unspecified atom stereocenters. The molecular formula is C27H24N2O6. The van der Waals surface area contributed by atoms with E-state index in [2.05, 4.69) is 5.32 Å². The van der Waals surface area contributed by atoms with Crippen LogP contribution in [0, 0.1) is 30.9 Å². The van der Waals surface area contributed by atoms with Crippen molar-refractivity contribution in [1.29, 1.82) is 0 Å². The van der Waals surface area contributed by atoms with Gasteiger partial charge in [0, 0.05) is 12.1 Å². The Morgan fingerprint density at radius 2 is 1.60 bits per heavy atom. The van der Waals surface area contributed by atoms with Gasteiger partial charge < -0.3 is 19.2 Å². The first-order valence-electron chi connectivity index (χ1n) is 10.9. The summed E-state index contributed by atoms with van der Waals surface area (Å²) in [5.74, 6) is 1.44. The zero-order chi connectivity index (χ0) is 24.9. The quantitative estimate of drug-likeness (QED) is 0.225. The van der Waals surface area contributed by atoms with Gasteiger partial charge in [-0.1, -0.05) is 18.2 Å². The number of furan rings is 1. The Morgan fingerprint density at radius 1 is 0.886 bits per heavy atom. The first kappa shape index (κ1) is 23.6. The molecule has 0 bridgehead atoms. The van der Waals surface area contributed by atoms with Crippen molar-refractivity contribution < 1.29 is 23.6 Å². The maximum absolute atomic E-state index is 12.7. The van der Waals surface area contributed by atoms with E-state index in [1.807, 2.05) is 63.2 Å². The molecular weight excluding hydrogens is 448 g/mol. The third-order valence-corrected chi connectivity index (χ3v) is 5.05. The van der Waals surface area contributed by atoms with E-state index in [1.54, 1.807) is 6.07 Å². The van der Waals surface area contributed by atoms with Gasteiger partial charge in [0.1, 0.15) is 29.6 Å². The largest absolute Gasteiger partial charge is 0.486 e. The van der Waals surface area contributed by atoms with Crippen LogP contribution < -0.4 is 14.8 Å². The molecule has 8 heteroatoms. The zero-order valence-corrected chi connectivity index (χ0v) is 19.5. The van der Waals surface area contributed by atoms with Crippen LogP contribution in [0.15, 0.2) is 77.2 Å². The van der Waals surface area contributed by atoms with E-state index in [1.165, 1.54) is 24.3 Å². The summed E-state index contributed by atoms with van der Waals surface area (Å²) in [7, 11) is 0. The molecule has 4 rings (SSSR count). The molecule has 8 nitrogen and oxygen atoms in total. The van der Waals surface area contributed by atoms with Crippen LogP contribution in [0.2, 0.25) is 0 Å². The number of nitrogens with zero attached hydrogens (tertiary/aromatic N) is 1. The second kappa shape index (κ2) is 10.1. The van der Waals surface area contributed by atoms with Gasteiger partial charge in [0.25, 0.3) is 11.6 Å². The molecule has 0 fully saturated rings. The van der Waals surface area contributed by atoms with Gasteiger partial charge in [0.2, 0.25) is 0 Å². The molecule has 0 aliphatic carbocycles. The number of non-ortho nitro benzene ring substituents is 1. The van der Waals surface area contributed by atoms with Crippen molar-refractivity contribution in [2.24, 2.45) is 0 Å². The van der Waals surface area contributed by atoms with Gasteiger partial charge in [-0.05, 0) is 73.9 Å². The molecule has 0 saturated heterocycles. The summed E-state index contributed by atoms with van der Waals surface area (Å²) >= 11 is 0. The molecule has 0 aliphatic heterocycles. The minimum atomic E-state index is -0.551. The van der Waals surface area contributed by atoms with Crippen molar-refractivity contribution in [2.45, 2.75) is 27.4 Å². The van der Waals surface area contributed by atoms with E-state index in [-0.39, 0.29) is 29.5 Å². The highest BCUT2D eigenvalue weighted by atomic mass is 16.6. The number of amides is 1. The lowest BCUT2D eigenvalue weighted by Gasteiger charge is -2.10. The molecule has 178 valence electrons. The minimum absolute atomic E-state index is 0.0520. The molecule has 0 radical (unpaired) electrons. The number of rotatable bonds is 8. The summed E-state index contributed by atoms with van der Waals surface area (Å²) in [6, 6.07) is 20.5. The van der Waals surface area contributed by atoms with Gasteiger partial charge in [0.15, 0.2) is 5.76 Å². The van der Waals surface area contributed by atoms with Gasteiger partial charge in [-0.15, -0.1) is 0 Å². The fourth-order valence-electron chi connectivity index (χ4n) is 3.58. The van der Waals surface area contributed by atoms with Gasteiger partial charge in [0.05, 0.1) is 16.7 Å². The van der Waals surface area contributed by atoms with Crippen LogP contribution in [0.5, 0.6) is 17.2 Å². The van der Waals surface area contributed by atoms with Crippen molar-refractivity contribution in [2.75, 3.05) is 5.32 Å². The number of aryl methyl sites for hydroxylation is 3. The highest BCUT2D eigenvalue weighted by Gasteiger charge is 2.16. The summed E-state index contributed by atoms with van der Waals surface area (Å²) in [6.45, 7) is 5.99. The topological polar surface area (TPSA) is 104 Å². The Morgan fingerprint density at radius 3 is 2.31 bits per heavy atom. The number of nitro benzene ring substituents is 1. The third-order valence-electron chi connectivity index (χ3n) is 5.05. The summed E-state index contributed by atoms with van der Waals surface area (Å²) in [5, 5.41) is 14.1. The number of hydrogen-bond donors (Lipinski definition) is 1. The Bertz CT molecular complexity index is 1370. The number of anilines is 1. The number of hydrogen-bond acceptors (Lipinski definition) is 6. The minimum Gasteiger partial charge on any atom is -0.486 e. The molecule has 1 heterocycles. The Hall–Kier alpha value is -4.59. The monoisotopic (exact) mass is 472 g/mol. The van der Waals surface area contributed by atoms with E-state index < -0.39 is 10.8 Å². The number of nitrogens with one attached hydrogen (secondary N) is 1. The number of nitro groups is 1. The molecule has 1 aromatic heterocycles. The SMILES string of the molecule is Cc1cccc(OCc2ccc(C(=O)Nc3cc(Oc4cc(C)cc(C)c4)cc([N+](=O)[O-])c3)o2)c1. The maximum Gasteiger partial charge on any atom is 0.291 e. The summed E-state index contributed by atoms with van der Waals surface area (Å²) in [6.07, 6.45) is 0. The van der Waals surface area contributed by atoms with Gasteiger partial charge in [-0.3, -0.25) is 14.9 Å². The van der Waals surface area contributed by atoms with Crippen molar-refractivity contribution in [1.82, 2.24) is 0 Å². The summed E-state index contributed by atoms with van der Waals surface area (Å²) in [4.78, 5) is 23.6. The van der Waals surface area contributed by atoms with E-state index >= 15 is 0 Å². The Kier molecular flexibility index (Phi) is 6.82. The number of carbonyl (C=O) groups excluding carboxylic acids is 1. The van der Waals surface area contributed by atoms with Crippen LogP contribution in [0.4, 0.5) is 11.4 Å². The van der Waals surface area contributed by atoms with Crippen LogP contribution in [0.3, 0.4) is 0 Å². The van der Waals surface area contributed by atoms with Crippen LogP contribution in [-0.2, 0) is 6.61 Å². The second-order valence-corrected chi connectivity index (χ2v) is 8.22. The first-order chi connectivity index (χ1) is 16.7. The number of ether oxygens (including phenoxy) is 2. The average Bonchev–Trinajstić information content (AvgIpc) is 3.26.